The van der Waals surface area contributed by atoms with Crippen LogP contribution >= 0.6 is 0 Å². The molecule has 0 saturated heterocycles. The zero-order chi connectivity index (χ0) is 15.0. The SMILES string of the molecule is O=C(c1ccc2c(c1)C(=O)NCC2)c1ccc(F)cc1F. The normalized spacial score (nSPS) is 13.5. The molecule has 1 aliphatic rings. The van der Waals surface area contributed by atoms with Crippen molar-refractivity contribution in [2.24, 2.45) is 0 Å². The number of ketones is 1. The van der Waals surface area contributed by atoms with Gasteiger partial charge < -0.3 is 5.32 Å². The van der Waals surface area contributed by atoms with Crippen molar-refractivity contribution in [1.82, 2.24) is 5.32 Å². The van der Waals surface area contributed by atoms with Crippen molar-refractivity contribution >= 4 is 11.7 Å². The average molecular weight is 287 g/mol. The lowest BCUT2D eigenvalue weighted by atomic mass is 9.94. The average Bonchev–Trinajstić information content (AvgIpc) is 2.47. The molecule has 3 rings (SSSR count). The highest BCUT2D eigenvalue weighted by Gasteiger charge is 2.20. The van der Waals surface area contributed by atoms with E-state index in [0.29, 0.717) is 24.6 Å². The van der Waals surface area contributed by atoms with Crippen molar-refractivity contribution < 1.29 is 18.4 Å². The zero-order valence-corrected chi connectivity index (χ0v) is 11.0. The number of hydrogen-bond acceptors (Lipinski definition) is 2. The lowest BCUT2D eigenvalue weighted by molar-refractivity contribution is 0.0946. The van der Waals surface area contributed by atoms with Crippen LogP contribution in [0.3, 0.4) is 0 Å². The molecule has 0 unspecified atom stereocenters. The summed E-state index contributed by atoms with van der Waals surface area (Å²) in [5.74, 6) is -2.48. The second-order valence-electron chi connectivity index (χ2n) is 4.83. The minimum Gasteiger partial charge on any atom is -0.352 e. The van der Waals surface area contributed by atoms with E-state index in [9.17, 15) is 18.4 Å². The predicted octanol–water partition coefficient (Wildman–Crippen LogP) is 2.48. The molecular weight excluding hydrogens is 276 g/mol. The Morgan fingerprint density at radius 3 is 2.67 bits per heavy atom. The van der Waals surface area contributed by atoms with Gasteiger partial charge in [-0.25, -0.2) is 8.78 Å². The maximum atomic E-state index is 13.7. The molecule has 21 heavy (non-hydrogen) atoms. The van der Waals surface area contributed by atoms with Crippen molar-refractivity contribution in [2.75, 3.05) is 6.54 Å². The second kappa shape index (κ2) is 5.09. The largest absolute Gasteiger partial charge is 0.352 e. The fraction of sp³-hybridized carbons (Fsp3) is 0.125. The maximum Gasteiger partial charge on any atom is 0.251 e. The van der Waals surface area contributed by atoms with Gasteiger partial charge in [0, 0.05) is 23.7 Å². The highest BCUT2D eigenvalue weighted by atomic mass is 19.1. The number of amides is 1. The Hall–Kier alpha value is -2.56. The van der Waals surface area contributed by atoms with Gasteiger partial charge in [0.05, 0.1) is 5.56 Å². The molecule has 1 aliphatic heterocycles. The van der Waals surface area contributed by atoms with Gasteiger partial charge in [0.1, 0.15) is 11.6 Å². The van der Waals surface area contributed by atoms with E-state index in [1.807, 2.05) is 0 Å². The number of nitrogens with one attached hydrogen (secondary N) is 1. The Kier molecular flexibility index (Phi) is 3.25. The monoisotopic (exact) mass is 287 g/mol. The van der Waals surface area contributed by atoms with E-state index < -0.39 is 17.4 Å². The number of rotatable bonds is 2. The molecule has 3 nitrogen and oxygen atoms in total. The van der Waals surface area contributed by atoms with Crippen molar-refractivity contribution in [3.05, 3.63) is 70.3 Å². The third-order valence-electron chi connectivity index (χ3n) is 3.47. The van der Waals surface area contributed by atoms with E-state index >= 15 is 0 Å². The van der Waals surface area contributed by atoms with Crippen LogP contribution < -0.4 is 5.32 Å². The third-order valence-corrected chi connectivity index (χ3v) is 3.47. The summed E-state index contributed by atoms with van der Waals surface area (Å²) in [6.45, 7) is 0.561. The Labute approximate surface area is 119 Å². The van der Waals surface area contributed by atoms with E-state index in [1.54, 1.807) is 12.1 Å². The number of halogens is 2. The molecule has 0 saturated carbocycles. The van der Waals surface area contributed by atoms with Gasteiger partial charge in [-0.2, -0.15) is 0 Å². The topological polar surface area (TPSA) is 46.2 Å². The summed E-state index contributed by atoms with van der Waals surface area (Å²) in [6, 6.07) is 7.51. The van der Waals surface area contributed by atoms with Gasteiger partial charge in [0.15, 0.2) is 5.78 Å². The number of carbonyl (C=O) groups is 2. The number of hydrogen-bond donors (Lipinski definition) is 1. The molecule has 0 aromatic heterocycles. The van der Waals surface area contributed by atoms with Crippen LogP contribution in [0.5, 0.6) is 0 Å². The van der Waals surface area contributed by atoms with Gasteiger partial charge in [0.25, 0.3) is 5.91 Å². The number of benzene rings is 2. The van der Waals surface area contributed by atoms with Gasteiger partial charge >= 0.3 is 0 Å². The zero-order valence-electron chi connectivity index (χ0n) is 11.0. The number of fused-ring (bicyclic) bond motifs is 1. The highest BCUT2D eigenvalue weighted by Crippen LogP contribution is 2.20. The van der Waals surface area contributed by atoms with E-state index in [1.165, 1.54) is 6.07 Å². The third kappa shape index (κ3) is 2.42. The van der Waals surface area contributed by atoms with Crippen molar-refractivity contribution in [1.29, 1.82) is 0 Å². The minimum absolute atomic E-state index is 0.205. The van der Waals surface area contributed by atoms with Crippen LogP contribution in [-0.2, 0) is 6.42 Å². The molecule has 0 aliphatic carbocycles. The first-order chi connectivity index (χ1) is 10.1. The Morgan fingerprint density at radius 1 is 1.10 bits per heavy atom. The molecule has 106 valence electrons. The first-order valence-electron chi connectivity index (χ1n) is 6.47. The molecule has 2 aromatic carbocycles. The predicted molar refractivity (Wildman–Crippen MR) is 72.3 cm³/mol. The van der Waals surface area contributed by atoms with Crippen molar-refractivity contribution in [2.45, 2.75) is 6.42 Å². The second-order valence-corrected chi connectivity index (χ2v) is 4.83. The molecule has 0 spiro atoms. The molecule has 5 heteroatoms. The van der Waals surface area contributed by atoms with Crippen molar-refractivity contribution in [3.8, 4) is 0 Å². The van der Waals surface area contributed by atoms with Crippen LogP contribution in [0.4, 0.5) is 8.78 Å². The van der Waals surface area contributed by atoms with Gasteiger partial charge in [-0.3, -0.25) is 9.59 Å². The Morgan fingerprint density at radius 2 is 1.90 bits per heavy atom. The number of carbonyl (C=O) groups excluding carboxylic acids is 2. The summed E-state index contributed by atoms with van der Waals surface area (Å²) >= 11 is 0. The Bertz CT molecular complexity index is 756. The minimum atomic E-state index is -0.915. The summed E-state index contributed by atoms with van der Waals surface area (Å²) in [5, 5.41) is 2.69. The Balaban J connectivity index is 2.02. The molecule has 1 amide bonds. The summed E-state index contributed by atoms with van der Waals surface area (Å²) < 4.78 is 26.5. The van der Waals surface area contributed by atoms with Gasteiger partial charge in [-0.1, -0.05) is 12.1 Å². The fourth-order valence-electron chi connectivity index (χ4n) is 2.38. The van der Waals surface area contributed by atoms with Crippen LogP contribution in [0.2, 0.25) is 0 Å². The fourth-order valence-corrected chi connectivity index (χ4v) is 2.38. The van der Waals surface area contributed by atoms with Crippen LogP contribution in [0.25, 0.3) is 0 Å². The highest BCUT2D eigenvalue weighted by molar-refractivity contribution is 6.10. The summed E-state index contributed by atoms with van der Waals surface area (Å²) in [5.41, 5.74) is 1.27. The quantitative estimate of drug-likeness (QED) is 0.863. The maximum absolute atomic E-state index is 13.7. The standard InChI is InChI=1S/C16H11F2NO2/c17-11-3-4-12(14(18)8-11)15(20)10-2-1-9-5-6-19-16(21)13(9)7-10/h1-4,7-8H,5-6H2,(H,19,21). The van der Waals surface area contributed by atoms with Crippen molar-refractivity contribution in [3.63, 3.8) is 0 Å². The van der Waals surface area contributed by atoms with E-state index in [-0.39, 0.29) is 17.0 Å². The first kappa shape index (κ1) is 13.4. The van der Waals surface area contributed by atoms with Gasteiger partial charge in [-0.15, -0.1) is 0 Å². The molecule has 0 bridgehead atoms. The lowest BCUT2D eigenvalue weighted by Crippen LogP contribution is -2.32. The molecular formula is C16H11F2NO2. The molecule has 1 heterocycles. The van der Waals surface area contributed by atoms with Crippen LogP contribution in [0.1, 0.15) is 31.8 Å². The summed E-state index contributed by atoms with van der Waals surface area (Å²) in [6.07, 6.45) is 0.695. The van der Waals surface area contributed by atoms with Crippen LogP contribution in [0.15, 0.2) is 36.4 Å². The molecule has 0 atom stereocenters. The van der Waals surface area contributed by atoms with Crippen LogP contribution in [-0.4, -0.2) is 18.2 Å². The van der Waals surface area contributed by atoms with E-state index in [2.05, 4.69) is 5.32 Å². The smallest absolute Gasteiger partial charge is 0.251 e. The lowest BCUT2D eigenvalue weighted by Gasteiger charge is -2.17. The van der Waals surface area contributed by atoms with Crippen LogP contribution in [0, 0.1) is 11.6 Å². The molecule has 2 aromatic rings. The molecule has 0 radical (unpaired) electrons. The molecule has 1 N–H and O–H groups in total. The van der Waals surface area contributed by atoms with Gasteiger partial charge in [-0.05, 0) is 30.2 Å². The summed E-state index contributed by atoms with van der Waals surface area (Å²) in [7, 11) is 0. The first-order valence-corrected chi connectivity index (χ1v) is 6.47. The van der Waals surface area contributed by atoms with E-state index in [0.717, 1.165) is 17.7 Å². The van der Waals surface area contributed by atoms with Gasteiger partial charge in [0.2, 0.25) is 0 Å². The van der Waals surface area contributed by atoms with E-state index in [4.69, 9.17) is 0 Å². The molecule has 0 fully saturated rings. The summed E-state index contributed by atoms with van der Waals surface area (Å²) in [4.78, 5) is 24.0.